The number of aryl methyl sites for hydroxylation is 1. The van der Waals surface area contributed by atoms with Crippen molar-refractivity contribution in [1.82, 2.24) is 14.9 Å². The van der Waals surface area contributed by atoms with Gasteiger partial charge in [-0.3, -0.25) is 0 Å². The minimum Gasteiger partial charge on any atom is -0.454 e. The van der Waals surface area contributed by atoms with Crippen molar-refractivity contribution >= 4 is 23.4 Å². The molecule has 154 valence electrons. The van der Waals surface area contributed by atoms with Gasteiger partial charge in [-0.05, 0) is 38.8 Å². The number of benzene rings is 1. The van der Waals surface area contributed by atoms with E-state index < -0.39 is 0 Å². The lowest BCUT2D eigenvalue weighted by Gasteiger charge is -2.31. The van der Waals surface area contributed by atoms with E-state index in [-0.39, 0.29) is 18.9 Å². The van der Waals surface area contributed by atoms with Gasteiger partial charge in [0.25, 0.3) is 0 Å². The van der Waals surface area contributed by atoms with Gasteiger partial charge in [0.1, 0.15) is 17.5 Å². The summed E-state index contributed by atoms with van der Waals surface area (Å²) in [6.45, 7) is 5.66. The largest absolute Gasteiger partial charge is 0.454 e. The molecule has 0 unspecified atom stereocenters. The van der Waals surface area contributed by atoms with Crippen molar-refractivity contribution in [3.05, 3.63) is 30.1 Å². The molecular weight excluding hydrogens is 374 g/mol. The van der Waals surface area contributed by atoms with Crippen LogP contribution >= 0.6 is 0 Å². The summed E-state index contributed by atoms with van der Waals surface area (Å²) < 4.78 is 15.8. The number of piperidine rings is 1. The summed E-state index contributed by atoms with van der Waals surface area (Å²) in [4.78, 5) is 22.6. The highest BCUT2D eigenvalue weighted by atomic mass is 16.7. The van der Waals surface area contributed by atoms with E-state index in [1.165, 1.54) is 0 Å². The average molecular weight is 399 g/mol. The number of amides is 1. The predicted molar refractivity (Wildman–Crippen MR) is 108 cm³/mol. The molecule has 0 spiro atoms. The van der Waals surface area contributed by atoms with Gasteiger partial charge in [0, 0.05) is 37.0 Å². The SMILES string of the molecule is CCOC(=O)N1CCC(Nc2cc(Nc3ccc4c(c3)OCO4)nc(C)n2)CC1. The lowest BCUT2D eigenvalue weighted by Crippen LogP contribution is -2.42. The Balaban J connectivity index is 1.38. The number of ether oxygens (including phenoxy) is 3. The molecule has 1 fully saturated rings. The van der Waals surface area contributed by atoms with Gasteiger partial charge in [0.05, 0.1) is 6.61 Å². The molecule has 2 aliphatic rings. The molecule has 0 aliphatic carbocycles. The van der Waals surface area contributed by atoms with Crippen molar-refractivity contribution in [1.29, 1.82) is 0 Å². The molecule has 2 N–H and O–H groups in total. The van der Waals surface area contributed by atoms with Crippen LogP contribution in [-0.4, -0.2) is 53.5 Å². The van der Waals surface area contributed by atoms with Gasteiger partial charge in [-0.25, -0.2) is 14.8 Å². The van der Waals surface area contributed by atoms with E-state index in [9.17, 15) is 4.79 Å². The van der Waals surface area contributed by atoms with Crippen LogP contribution in [0.25, 0.3) is 0 Å². The van der Waals surface area contributed by atoms with Gasteiger partial charge in [0.15, 0.2) is 11.5 Å². The van der Waals surface area contributed by atoms with E-state index in [4.69, 9.17) is 14.2 Å². The predicted octanol–water partition coefficient (Wildman–Crippen LogP) is 3.29. The fourth-order valence-corrected chi connectivity index (χ4v) is 3.46. The summed E-state index contributed by atoms with van der Waals surface area (Å²) in [5.74, 6) is 3.58. The normalized spacial score (nSPS) is 15.9. The van der Waals surface area contributed by atoms with Crippen molar-refractivity contribution in [2.45, 2.75) is 32.7 Å². The van der Waals surface area contributed by atoms with Crippen molar-refractivity contribution in [3.63, 3.8) is 0 Å². The number of nitrogens with zero attached hydrogens (tertiary/aromatic N) is 3. The topological polar surface area (TPSA) is 97.8 Å². The van der Waals surface area contributed by atoms with E-state index in [0.717, 1.165) is 30.1 Å². The molecule has 1 amide bonds. The first-order chi connectivity index (χ1) is 14.1. The summed E-state index contributed by atoms with van der Waals surface area (Å²) in [5, 5.41) is 6.76. The molecule has 0 atom stereocenters. The first-order valence-corrected chi connectivity index (χ1v) is 9.81. The maximum atomic E-state index is 11.8. The van der Waals surface area contributed by atoms with Crippen molar-refractivity contribution < 1.29 is 19.0 Å². The second kappa shape index (κ2) is 8.42. The number of carbonyl (C=O) groups is 1. The highest BCUT2D eigenvalue weighted by Gasteiger charge is 2.24. The zero-order valence-corrected chi connectivity index (χ0v) is 16.6. The minimum atomic E-state index is -0.237. The van der Waals surface area contributed by atoms with Crippen LogP contribution in [0.3, 0.4) is 0 Å². The second-order valence-electron chi connectivity index (χ2n) is 6.98. The van der Waals surface area contributed by atoms with Crippen LogP contribution in [0, 0.1) is 6.92 Å². The standard InChI is InChI=1S/C20H25N5O4/c1-3-27-20(26)25-8-6-14(7-9-25)23-18-11-19(22-13(2)21-18)24-15-4-5-16-17(10-15)29-12-28-16/h4-5,10-11,14H,3,6-9,12H2,1-2H3,(H2,21,22,23,24). The Bertz CT molecular complexity index is 883. The maximum absolute atomic E-state index is 11.8. The highest BCUT2D eigenvalue weighted by Crippen LogP contribution is 2.35. The van der Waals surface area contributed by atoms with Crippen LogP contribution in [0.2, 0.25) is 0 Å². The number of fused-ring (bicyclic) bond motifs is 1. The van der Waals surface area contributed by atoms with Crippen LogP contribution in [0.4, 0.5) is 22.1 Å². The number of aromatic nitrogens is 2. The number of nitrogens with one attached hydrogen (secondary N) is 2. The maximum Gasteiger partial charge on any atom is 0.409 e. The third-order valence-corrected chi connectivity index (χ3v) is 4.86. The Morgan fingerprint density at radius 3 is 2.72 bits per heavy atom. The molecular formula is C20H25N5O4. The Labute approximate surface area is 169 Å². The quantitative estimate of drug-likeness (QED) is 0.790. The third kappa shape index (κ3) is 4.61. The molecule has 0 saturated carbocycles. The van der Waals surface area contributed by atoms with Crippen LogP contribution in [0.15, 0.2) is 24.3 Å². The second-order valence-corrected chi connectivity index (χ2v) is 6.98. The van der Waals surface area contributed by atoms with E-state index in [1.54, 1.807) is 4.90 Å². The van der Waals surface area contributed by atoms with Crippen molar-refractivity contribution in [3.8, 4) is 11.5 Å². The molecule has 2 aliphatic heterocycles. The van der Waals surface area contributed by atoms with Crippen molar-refractivity contribution in [2.24, 2.45) is 0 Å². The van der Waals surface area contributed by atoms with Gasteiger partial charge in [-0.2, -0.15) is 0 Å². The summed E-state index contributed by atoms with van der Waals surface area (Å²) in [7, 11) is 0. The van der Waals surface area contributed by atoms with E-state index in [0.29, 0.717) is 37.1 Å². The molecule has 3 heterocycles. The Morgan fingerprint density at radius 2 is 1.93 bits per heavy atom. The van der Waals surface area contributed by atoms with Crippen LogP contribution in [0.1, 0.15) is 25.6 Å². The summed E-state index contributed by atoms with van der Waals surface area (Å²) >= 11 is 0. The molecule has 1 saturated heterocycles. The molecule has 1 aromatic carbocycles. The average Bonchev–Trinajstić information content (AvgIpc) is 3.16. The van der Waals surface area contributed by atoms with Crippen LogP contribution in [-0.2, 0) is 4.74 Å². The molecule has 1 aromatic heterocycles. The van der Waals surface area contributed by atoms with Gasteiger partial charge in [0.2, 0.25) is 6.79 Å². The molecule has 4 rings (SSSR count). The van der Waals surface area contributed by atoms with Crippen LogP contribution < -0.4 is 20.1 Å². The molecule has 9 heteroatoms. The molecule has 0 radical (unpaired) electrons. The first kappa shape index (κ1) is 19.1. The first-order valence-electron chi connectivity index (χ1n) is 9.81. The molecule has 9 nitrogen and oxygen atoms in total. The van der Waals surface area contributed by atoms with Gasteiger partial charge < -0.3 is 29.7 Å². The zero-order valence-electron chi connectivity index (χ0n) is 16.6. The van der Waals surface area contributed by atoms with Crippen LogP contribution in [0.5, 0.6) is 11.5 Å². The third-order valence-electron chi connectivity index (χ3n) is 4.86. The van der Waals surface area contributed by atoms with E-state index in [1.807, 2.05) is 38.1 Å². The minimum absolute atomic E-state index is 0.237. The summed E-state index contributed by atoms with van der Waals surface area (Å²) in [6.07, 6.45) is 1.44. The van der Waals surface area contributed by atoms with E-state index >= 15 is 0 Å². The summed E-state index contributed by atoms with van der Waals surface area (Å²) in [6, 6.07) is 7.81. The Hall–Kier alpha value is -3.23. The van der Waals surface area contributed by atoms with E-state index in [2.05, 4.69) is 20.6 Å². The number of likely N-dealkylation sites (tertiary alicyclic amines) is 1. The van der Waals surface area contributed by atoms with Gasteiger partial charge in [-0.1, -0.05) is 0 Å². The highest BCUT2D eigenvalue weighted by molar-refractivity contribution is 5.67. The molecule has 29 heavy (non-hydrogen) atoms. The number of hydrogen-bond acceptors (Lipinski definition) is 8. The van der Waals surface area contributed by atoms with Crippen molar-refractivity contribution in [2.75, 3.05) is 37.1 Å². The zero-order chi connectivity index (χ0) is 20.2. The lowest BCUT2D eigenvalue weighted by molar-refractivity contribution is 0.0983. The number of hydrogen-bond donors (Lipinski definition) is 2. The molecule has 0 bridgehead atoms. The van der Waals surface area contributed by atoms with Gasteiger partial charge >= 0.3 is 6.09 Å². The smallest absolute Gasteiger partial charge is 0.409 e. The van der Waals surface area contributed by atoms with Gasteiger partial charge in [-0.15, -0.1) is 0 Å². The fourth-order valence-electron chi connectivity index (χ4n) is 3.46. The number of carbonyl (C=O) groups excluding carboxylic acids is 1. The Kier molecular flexibility index (Phi) is 5.55. The Morgan fingerprint density at radius 1 is 1.17 bits per heavy atom. The fraction of sp³-hybridized carbons (Fsp3) is 0.450. The number of rotatable bonds is 5. The lowest BCUT2D eigenvalue weighted by atomic mass is 10.1. The summed E-state index contributed by atoms with van der Waals surface area (Å²) in [5.41, 5.74) is 0.862. The molecule has 2 aromatic rings. The monoisotopic (exact) mass is 399 g/mol. The number of anilines is 3.